The third-order valence-corrected chi connectivity index (χ3v) is 4.76. The van der Waals surface area contributed by atoms with E-state index in [1.807, 2.05) is 6.92 Å². The summed E-state index contributed by atoms with van der Waals surface area (Å²) in [5.41, 5.74) is 6.05. The number of hydrogen-bond donors (Lipinski definition) is 1. The fourth-order valence-electron chi connectivity index (χ4n) is 1.66. The summed E-state index contributed by atoms with van der Waals surface area (Å²) in [6, 6.07) is 3.04. The highest BCUT2D eigenvalue weighted by Gasteiger charge is 2.26. The Bertz CT molecular complexity index is 570. The van der Waals surface area contributed by atoms with Gasteiger partial charge in [-0.2, -0.15) is 4.31 Å². The highest BCUT2D eigenvalue weighted by molar-refractivity contribution is 7.89. The molecule has 0 spiro atoms. The monoisotopic (exact) mass is 314 g/mol. The maximum Gasteiger partial charge on any atom is 0.245 e. The molecule has 0 aliphatic rings. The van der Waals surface area contributed by atoms with Crippen LogP contribution in [0.3, 0.4) is 0 Å². The van der Waals surface area contributed by atoms with Gasteiger partial charge in [0.05, 0.1) is 12.2 Å². The van der Waals surface area contributed by atoms with Gasteiger partial charge in [-0.15, -0.1) is 0 Å². The normalized spacial score (nSPS) is 11.7. The lowest BCUT2D eigenvalue weighted by molar-refractivity contribution is -0.128. The molecule has 0 aliphatic heterocycles. The molecule has 7 nitrogen and oxygen atoms in total. The second-order valence-corrected chi connectivity index (χ2v) is 6.75. The van der Waals surface area contributed by atoms with Gasteiger partial charge < -0.3 is 10.6 Å². The first kappa shape index (κ1) is 17.5. The number of amides is 1. The van der Waals surface area contributed by atoms with Crippen LogP contribution in [0.5, 0.6) is 0 Å². The molecule has 2 N–H and O–H groups in total. The van der Waals surface area contributed by atoms with Gasteiger partial charge in [0, 0.05) is 33.4 Å². The van der Waals surface area contributed by atoms with E-state index in [1.54, 1.807) is 20.2 Å². The van der Waals surface area contributed by atoms with E-state index in [-0.39, 0.29) is 30.4 Å². The first-order valence-electron chi connectivity index (χ1n) is 6.68. The minimum absolute atomic E-state index is 0.0692. The molecule has 0 bridgehead atoms. The average molecular weight is 314 g/mol. The highest BCUT2D eigenvalue weighted by Crippen LogP contribution is 2.15. The third-order valence-electron chi connectivity index (χ3n) is 2.93. The predicted octanol–water partition coefficient (Wildman–Crippen LogP) is 0.0292. The van der Waals surface area contributed by atoms with Crippen molar-refractivity contribution in [3.8, 4) is 0 Å². The lowest BCUT2D eigenvalue weighted by atomic mass is 10.4. The van der Waals surface area contributed by atoms with Crippen molar-refractivity contribution in [2.24, 2.45) is 5.73 Å². The Kier molecular flexibility index (Phi) is 6.25. The number of carbonyl (C=O) groups excluding carboxylic acids is 1. The van der Waals surface area contributed by atoms with Crippen LogP contribution in [0, 0.1) is 0 Å². The molecule has 0 saturated carbocycles. The number of hydrogen-bond acceptors (Lipinski definition) is 5. The van der Waals surface area contributed by atoms with Crippen molar-refractivity contribution in [3.63, 3.8) is 0 Å². The third kappa shape index (κ3) is 4.48. The molecule has 0 radical (unpaired) electrons. The molecule has 0 saturated heterocycles. The molecule has 1 heterocycles. The topological polar surface area (TPSA) is 96.6 Å². The van der Waals surface area contributed by atoms with E-state index < -0.39 is 10.0 Å². The Hall–Kier alpha value is -1.51. The summed E-state index contributed by atoms with van der Waals surface area (Å²) in [6.45, 7) is 2.21. The molecule has 0 fully saturated rings. The van der Waals surface area contributed by atoms with Gasteiger partial charge in [0.2, 0.25) is 15.9 Å². The Morgan fingerprint density at radius 2 is 2.00 bits per heavy atom. The summed E-state index contributed by atoms with van der Waals surface area (Å²) in [6.07, 6.45) is 1.90. The van der Waals surface area contributed by atoms with Crippen molar-refractivity contribution in [2.45, 2.75) is 24.8 Å². The Morgan fingerprint density at radius 1 is 1.33 bits per heavy atom. The molecule has 8 heteroatoms. The number of pyridine rings is 1. The van der Waals surface area contributed by atoms with Crippen molar-refractivity contribution in [1.29, 1.82) is 0 Å². The van der Waals surface area contributed by atoms with Crippen molar-refractivity contribution >= 4 is 15.9 Å². The van der Waals surface area contributed by atoms with Gasteiger partial charge in [-0.3, -0.25) is 9.78 Å². The van der Waals surface area contributed by atoms with E-state index in [0.717, 1.165) is 0 Å². The average Bonchev–Trinajstić information content (AvgIpc) is 2.46. The molecular formula is C13H22N4O3S. The zero-order valence-corrected chi connectivity index (χ0v) is 13.4. The van der Waals surface area contributed by atoms with Crippen molar-refractivity contribution in [2.75, 3.05) is 27.2 Å². The summed E-state index contributed by atoms with van der Waals surface area (Å²) in [5.74, 6) is -0.265. The first-order valence-corrected chi connectivity index (χ1v) is 8.12. The van der Waals surface area contributed by atoms with Crippen LogP contribution in [-0.4, -0.2) is 55.7 Å². The van der Waals surface area contributed by atoms with Gasteiger partial charge >= 0.3 is 0 Å². The zero-order chi connectivity index (χ0) is 16.0. The van der Waals surface area contributed by atoms with Crippen LogP contribution in [0.4, 0.5) is 0 Å². The molecule has 1 rings (SSSR count). The Labute approximate surface area is 125 Å². The summed E-state index contributed by atoms with van der Waals surface area (Å²) in [4.78, 5) is 17.2. The first-order chi connectivity index (χ1) is 9.82. The second kappa shape index (κ2) is 7.48. The van der Waals surface area contributed by atoms with E-state index in [1.165, 1.54) is 21.5 Å². The number of sulfonamides is 1. The fourth-order valence-corrected chi connectivity index (χ4v) is 3.09. The van der Waals surface area contributed by atoms with E-state index in [4.69, 9.17) is 5.73 Å². The van der Waals surface area contributed by atoms with Gasteiger partial charge in [0.15, 0.2) is 0 Å². The van der Waals surface area contributed by atoms with Crippen LogP contribution in [0.2, 0.25) is 0 Å². The molecule has 0 aromatic carbocycles. The summed E-state index contributed by atoms with van der Waals surface area (Å²) >= 11 is 0. The Balaban J connectivity index is 3.05. The lowest BCUT2D eigenvalue weighted by Crippen LogP contribution is -2.40. The molecule has 0 unspecified atom stereocenters. The largest absolute Gasteiger partial charge is 0.348 e. The molecule has 1 aromatic heterocycles. The standard InChI is InChI=1S/C13H22N4O3S/c1-4-7-17(10-13(18)16(2)3)21(19,20)12-6-5-11(8-14)15-9-12/h5-6,9H,4,7-8,10,14H2,1-3H3. The number of carbonyl (C=O) groups is 1. The molecule has 0 atom stereocenters. The predicted molar refractivity (Wildman–Crippen MR) is 79.9 cm³/mol. The summed E-state index contributed by atoms with van der Waals surface area (Å²) in [7, 11) is -0.546. The maximum absolute atomic E-state index is 12.6. The van der Waals surface area contributed by atoms with Gasteiger partial charge in [-0.1, -0.05) is 6.92 Å². The van der Waals surface area contributed by atoms with Gasteiger partial charge in [0.25, 0.3) is 0 Å². The smallest absolute Gasteiger partial charge is 0.245 e. The number of aromatic nitrogens is 1. The number of nitrogens with two attached hydrogens (primary N) is 1. The van der Waals surface area contributed by atoms with Gasteiger partial charge in [-0.05, 0) is 18.6 Å². The van der Waals surface area contributed by atoms with Gasteiger partial charge in [-0.25, -0.2) is 8.42 Å². The van der Waals surface area contributed by atoms with Gasteiger partial charge in [0.1, 0.15) is 4.90 Å². The fraction of sp³-hybridized carbons (Fsp3) is 0.538. The molecule has 21 heavy (non-hydrogen) atoms. The highest BCUT2D eigenvalue weighted by atomic mass is 32.2. The maximum atomic E-state index is 12.6. The van der Waals surface area contributed by atoms with E-state index in [0.29, 0.717) is 12.1 Å². The van der Waals surface area contributed by atoms with Crippen molar-refractivity contribution in [3.05, 3.63) is 24.0 Å². The number of likely N-dealkylation sites (N-methyl/N-ethyl adjacent to an activating group) is 1. The van der Waals surface area contributed by atoms with Crippen molar-refractivity contribution < 1.29 is 13.2 Å². The number of nitrogens with zero attached hydrogens (tertiary/aromatic N) is 3. The minimum Gasteiger partial charge on any atom is -0.348 e. The summed E-state index contributed by atoms with van der Waals surface area (Å²) < 4.78 is 26.3. The minimum atomic E-state index is -3.73. The van der Waals surface area contributed by atoms with Crippen LogP contribution in [-0.2, 0) is 21.4 Å². The molecule has 1 aromatic rings. The molecule has 1 amide bonds. The van der Waals surface area contributed by atoms with E-state index >= 15 is 0 Å². The van der Waals surface area contributed by atoms with Crippen LogP contribution >= 0.6 is 0 Å². The lowest BCUT2D eigenvalue weighted by Gasteiger charge is -2.22. The van der Waals surface area contributed by atoms with Crippen molar-refractivity contribution in [1.82, 2.24) is 14.2 Å². The SMILES string of the molecule is CCCN(CC(=O)N(C)C)S(=O)(=O)c1ccc(CN)nc1. The number of rotatable bonds is 7. The Morgan fingerprint density at radius 3 is 2.43 bits per heavy atom. The second-order valence-electron chi connectivity index (χ2n) is 4.82. The van der Waals surface area contributed by atoms with Crippen LogP contribution in [0.1, 0.15) is 19.0 Å². The van der Waals surface area contributed by atoms with Crippen LogP contribution in [0.15, 0.2) is 23.2 Å². The summed E-state index contributed by atoms with van der Waals surface area (Å²) in [5, 5.41) is 0. The zero-order valence-electron chi connectivity index (χ0n) is 12.6. The molecule has 118 valence electrons. The van der Waals surface area contributed by atoms with E-state index in [9.17, 15) is 13.2 Å². The molecule has 0 aliphatic carbocycles. The molecular weight excluding hydrogens is 292 g/mol. The van der Waals surface area contributed by atoms with Crippen LogP contribution < -0.4 is 5.73 Å². The van der Waals surface area contributed by atoms with Crippen LogP contribution in [0.25, 0.3) is 0 Å². The van der Waals surface area contributed by atoms with E-state index in [2.05, 4.69) is 4.98 Å². The quantitative estimate of drug-likeness (QED) is 0.766.